The SMILES string of the molecule is O=Cc1cncc([N+](=O)[O-])c1O. The minimum atomic E-state index is -0.810. The Bertz CT molecular complexity index is 336. The van der Waals surface area contributed by atoms with Gasteiger partial charge in [0.1, 0.15) is 6.20 Å². The molecule has 0 amide bonds. The molecule has 0 aliphatic heterocycles. The first-order chi connectivity index (χ1) is 5.66. The molecule has 0 aliphatic rings. The number of carbonyl (C=O) groups is 1. The van der Waals surface area contributed by atoms with Crippen LogP contribution >= 0.6 is 0 Å². The average Bonchev–Trinajstić information content (AvgIpc) is 2.04. The van der Waals surface area contributed by atoms with Crippen molar-refractivity contribution in [2.75, 3.05) is 0 Å². The molecule has 0 unspecified atom stereocenters. The molecule has 1 N–H and O–H groups in total. The number of nitrogens with zero attached hydrogens (tertiary/aromatic N) is 2. The van der Waals surface area contributed by atoms with Gasteiger partial charge in [-0.25, -0.2) is 0 Å². The van der Waals surface area contributed by atoms with Crippen LogP contribution in [0, 0.1) is 10.1 Å². The van der Waals surface area contributed by atoms with Gasteiger partial charge in [-0.05, 0) is 0 Å². The minimum absolute atomic E-state index is 0.191. The summed E-state index contributed by atoms with van der Waals surface area (Å²) in [7, 11) is 0. The lowest BCUT2D eigenvalue weighted by molar-refractivity contribution is -0.386. The molecule has 1 aromatic heterocycles. The molecule has 0 spiro atoms. The summed E-state index contributed by atoms with van der Waals surface area (Å²) < 4.78 is 0. The van der Waals surface area contributed by atoms with Crippen LogP contribution in [-0.2, 0) is 0 Å². The molecule has 6 heteroatoms. The lowest BCUT2D eigenvalue weighted by Crippen LogP contribution is -1.92. The van der Waals surface area contributed by atoms with Crippen LogP contribution in [0.3, 0.4) is 0 Å². The van der Waals surface area contributed by atoms with Crippen molar-refractivity contribution in [3.63, 3.8) is 0 Å². The smallest absolute Gasteiger partial charge is 0.329 e. The van der Waals surface area contributed by atoms with E-state index >= 15 is 0 Å². The molecule has 0 saturated carbocycles. The number of aromatic nitrogens is 1. The Morgan fingerprint density at radius 1 is 1.58 bits per heavy atom. The molecule has 6 nitrogen and oxygen atoms in total. The van der Waals surface area contributed by atoms with Crippen LogP contribution < -0.4 is 0 Å². The average molecular weight is 168 g/mol. The molecule has 0 radical (unpaired) electrons. The standard InChI is InChI=1S/C6H4N2O4/c9-3-4-1-7-2-5(6(4)10)8(11)12/h1-3H,(H,7,10). The van der Waals surface area contributed by atoms with Crippen molar-refractivity contribution in [1.29, 1.82) is 0 Å². The van der Waals surface area contributed by atoms with Crippen molar-refractivity contribution in [1.82, 2.24) is 4.98 Å². The molecular weight excluding hydrogens is 164 g/mol. The summed E-state index contributed by atoms with van der Waals surface area (Å²) in [6.07, 6.45) is 2.23. The Kier molecular flexibility index (Phi) is 2.00. The second-order valence-electron chi connectivity index (χ2n) is 1.97. The van der Waals surface area contributed by atoms with Crippen molar-refractivity contribution in [2.45, 2.75) is 0 Å². The molecule has 0 aliphatic carbocycles. The zero-order chi connectivity index (χ0) is 9.14. The predicted octanol–water partition coefficient (Wildman–Crippen LogP) is 0.508. The minimum Gasteiger partial charge on any atom is -0.502 e. The largest absolute Gasteiger partial charge is 0.502 e. The maximum Gasteiger partial charge on any atom is 0.329 e. The first kappa shape index (κ1) is 8.12. The molecule has 1 rings (SSSR count). The first-order valence-electron chi connectivity index (χ1n) is 2.93. The number of carbonyl (C=O) groups excluding carboxylic acids is 1. The van der Waals surface area contributed by atoms with E-state index in [0.29, 0.717) is 6.29 Å². The molecule has 0 aromatic carbocycles. The molecule has 0 bridgehead atoms. The molecule has 0 atom stereocenters. The van der Waals surface area contributed by atoms with E-state index in [9.17, 15) is 14.9 Å². The van der Waals surface area contributed by atoms with Gasteiger partial charge in [0.25, 0.3) is 0 Å². The Labute approximate surface area is 66.6 Å². The van der Waals surface area contributed by atoms with Crippen molar-refractivity contribution >= 4 is 12.0 Å². The zero-order valence-electron chi connectivity index (χ0n) is 5.80. The van der Waals surface area contributed by atoms with E-state index in [1.54, 1.807) is 0 Å². The van der Waals surface area contributed by atoms with Crippen molar-refractivity contribution in [3.8, 4) is 5.75 Å². The quantitative estimate of drug-likeness (QED) is 0.394. The lowest BCUT2D eigenvalue weighted by Gasteiger charge is -1.95. The Morgan fingerprint density at radius 2 is 2.25 bits per heavy atom. The van der Waals surface area contributed by atoms with Gasteiger partial charge in [-0.2, -0.15) is 0 Å². The summed E-state index contributed by atoms with van der Waals surface area (Å²) in [6.45, 7) is 0. The highest BCUT2D eigenvalue weighted by molar-refractivity contribution is 5.80. The highest BCUT2D eigenvalue weighted by atomic mass is 16.6. The highest BCUT2D eigenvalue weighted by Gasteiger charge is 2.16. The number of pyridine rings is 1. The molecule has 1 heterocycles. The van der Waals surface area contributed by atoms with E-state index in [0.717, 1.165) is 12.4 Å². The van der Waals surface area contributed by atoms with Crippen molar-refractivity contribution in [2.24, 2.45) is 0 Å². The Balaban J connectivity index is 3.32. The van der Waals surface area contributed by atoms with Gasteiger partial charge in [-0.1, -0.05) is 0 Å². The van der Waals surface area contributed by atoms with Crippen LogP contribution in [-0.4, -0.2) is 21.3 Å². The number of hydrogen-bond acceptors (Lipinski definition) is 5. The van der Waals surface area contributed by atoms with Crippen molar-refractivity contribution < 1.29 is 14.8 Å². The van der Waals surface area contributed by atoms with Crippen LogP contribution in [0.25, 0.3) is 0 Å². The molecular formula is C6H4N2O4. The van der Waals surface area contributed by atoms with Crippen LogP contribution in [0.2, 0.25) is 0 Å². The van der Waals surface area contributed by atoms with Crippen LogP contribution in [0.4, 0.5) is 5.69 Å². The summed E-state index contributed by atoms with van der Waals surface area (Å²) in [5, 5.41) is 19.2. The van der Waals surface area contributed by atoms with Gasteiger partial charge in [-0.3, -0.25) is 19.9 Å². The van der Waals surface area contributed by atoms with Gasteiger partial charge in [0.05, 0.1) is 10.5 Å². The predicted molar refractivity (Wildman–Crippen MR) is 37.9 cm³/mol. The zero-order valence-corrected chi connectivity index (χ0v) is 5.80. The Hall–Kier alpha value is -1.98. The van der Waals surface area contributed by atoms with Gasteiger partial charge in [0.2, 0.25) is 5.75 Å². The fourth-order valence-electron chi connectivity index (χ4n) is 0.678. The monoisotopic (exact) mass is 168 g/mol. The molecule has 1 aromatic rings. The number of rotatable bonds is 2. The number of aromatic hydroxyl groups is 1. The van der Waals surface area contributed by atoms with E-state index in [4.69, 9.17) is 5.11 Å². The summed E-state index contributed by atoms with van der Waals surface area (Å²) in [5.41, 5.74) is -0.760. The van der Waals surface area contributed by atoms with Gasteiger partial charge in [0, 0.05) is 6.20 Å². The van der Waals surface area contributed by atoms with Crippen LogP contribution in [0.15, 0.2) is 12.4 Å². The fourth-order valence-corrected chi connectivity index (χ4v) is 0.678. The molecule has 62 valence electrons. The normalized spacial score (nSPS) is 9.33. The summed E-state index contributed by atoms with van der Waals surface area (Å²) >= 11 is 0. The van der Waals surface area contributed by atoms with Crippen molar-refractivity contribution in [3.05, 3.63) is 28.1 Å². The van der Waals surface area contributed by atoms with E-state index in [-0.39, 0.29) is 5.56 Å². The molecule has 0 fully saturated rings. The number of aldehydes is 1. The van der Waals surface area contributed by atoms with E-state index < -0.39 is 16.4 Å². The highest BCUT2D eigenvalue weighted by Crippen LogP contribution is 2.26. The lowest BCUT2D eigenvalue weighted by atomic mass is 10.2. The van der Waals surface area contributed by atoms with E-state index in [2.05, 4.69) is 4.98 Å². The maximum absolute atomic E-state index is 10.2. The van der Waals surface area contributed by atoms with Crippen LogP contribution in [0.1, 0.15) is 10.4 Å². The third kappa shape index (κ3) is 1.22. The van der Waals surface area contributed by atoms with Gasteiger partial charge >= 0.3 is 5.69 Å². The topological polar surface area (TPSA) is 93.3 Å². The second-order valence-corrected chi connectivity index (χ2v) is 1.97. The second kappa shape index (κ2) is 2.95. The number of nitro groups is 1. The maximum atomic E-state index is 10.2. The van der Waals surface area contributed by atoms with Crippen LogP contribution in [0.5, 0.6) is 5.75 Å². The van der Waals surface area contributed by atoms with Gasteiger partial charge in [0.15, 0.2) is 6.29 Å². The fraction of sp³-hybridized carbons (Fsp3) is 0. The summed E-state index contributed by atoms with van der Waals surface area (Å²) in [6, 6.07) is 0. The summed E-state index contributed by atoms with van der Waals surface area (Å²) in [5.74, 6) is -0.648. The number of hydrogen-bond donors (Lipinski definition) is 1. The third-order valence-electron chi connectivity index (χ3n) is 1.25. The molecule has 0 saturated heterocycles. The van der Waals surface area contributed by atoms with E-state index in [1.807, 2.05) is 0 Å². The third-order valence-corrected chi connectivity index (χ3v) is 1.25. The van der Waals surface area contributed by atoms with E-state index in [1.165, 1.54) is 0 Å². The van der Waals surface area contributed by atoms with Gasteiger partial charge in [-0.15, -0.1) is 0 Å². The Morgan fingerprint density at radius 3 is 2.75 bits per heavy atom. The van der Waals surface area contributed by atoms with Gasteiger partial charge < -0.3 is 5.11 Å². The molecule has 12 heavy (non-hydrogen) atoms. The summed E-state index contributed by atoms with van der Waals surface area (Å²) in [4.78, 5) is 23.0. The first-order valence-corrected chi connectivity index (χ1v) is 2.93.